The van der Waals surface area contributed by atoms with Gasteiger partial charge in [-0.05, 0) is 49.8 Å². The summed E-state index contributed by atoms with van der Waals surface area (Å²) in [5.41, 5.74) is 1.14. The van der Waals surface area contributed by atoms with Crippen molar-refractivity contribution in [3.8, 4) is 0 Å². The van der Waals surface area contributed by atoms with Crippen molar-refractivity contribution in [2.75, 3.05) is 19.6 Å². The lowest BCUT2D eigenvalue weighted by molar-refractivity contribution is 0.168. The molecule has 2 fully saturated rings. The van der Waals surface area contributed by atoms with Crippen LogP contribution in [0.15, 0.2) is 18.3 Å². The first kappa shape index (κ1) is 16.2. The van der Waals surface area contributed by atoms with E-state index < -0.39 is 10.0 Å². The van der Waals surface area contributed by atoms with Crippen LogP contribution in [0.1, 0.15) is 31.2 Å². The van der Waals surface area contributed by atoms with Crippen molar-refractivity contribution in [1.29, 1.82) is 0 Å². The van der Waals surface area contributed by atoms with Crippen LogP contribution in [-0.4, -0.2) is 43.2 Å². The van der Waals surface area contributed by atoms with Gasteiger partial charge >= 0.3 is 0 Å². The van der Waals surface area contributed by atoms with E-state index in [2.05, 4.69) is 14.6 Å². The number of nitrogens with one attached hydrogen (secondary N) is 1. The summed E-state index contributed by atoms with van der Waals surface area (Å²) in [5.74, 6) is 0.391. The Labute approximate surface area is 137 Å². The van der Waals surface area contributed by atoms with E-state index in [0.717, 1.165) is 50.9 Å². The number of nitrogens with zero attached hydrogens (tertiary/aromatic N) is 2. The molecule has 5 nitrogen and oxygen atoms in total. The molecule has 1 N–H and O–H groups in total. The minimum absolute atomic E-state index is 0.132. The normalized spacial score (nSPS) is 23.6. The van der Waals surface area contributed by atoms with E-state index in [0.29, 0.717) is 17.6 Å². The summed E-state index contributed by atoms with van der Waals surface area (Å²) in [6.07, 6.45) is 5.63. The molecule has 0 amide bonds. The maximum Gasteiger partial charge on any atom is 0.214 e. The molecule has 0 unspecified atom stereocenters. The Morgan fingerprint density at radius 2 is 2.14 bits per heavy atom. The van der Waals surface area contributed by atoms with E-state index in [1.165, 1.54) is 0 Å². The molecule has 1 aromatic heterocycles. The van der Waals surface area contributed by atoms with Crippen LogP contribution < -0.4 is 4.72 Å². The van der Waals surface area contributed by atoms with Crippen LogP contribution in [0.2, 0.25) is 5.15 Å². The van der Waals surface area contributed by atoms with Gasteiger partial charge < -0.3 is 0 Å². The smallest absolute Gasteiger partial charge is 0.214 e. The maximum atomic E-state index is 11.9. The second-order valence-electron chi connectivity index (χ2n) is 6.33. The van der Waals surface area contributed by atoms with Gasteiger partial charge in [0, 0.05) is 25.8 Å². The third-order valence-corrected chi connectivity index (χ3v) is 6.48. The van der Waals surface area contributed by atoms with E-state index in [4.69, 9.17) is 11.6 Å². The van der Waals surface area contributed by atoms with Crippen molar-refractivity contribution in [2.24, 2.45) is 5.92 Å². The zero-order chi connectivity index (χ0) is 15.6. The maximum absolute atomic E-state index is 11.9. The van der Waals surface area contributed by atoms with Crippen LogP contribution in [-0.2, 0) is 16.6 Å². The number of pyridine rings is 1. The molecule has 122 valence electrons. The van der Waals surface area contributed by atoms with Gasteiger partial charge in [0.25, 0.3) is 0 Å². The summed E-state index contributed by atoms with van der Waals surface area (Å²) in [6, 6.07) is 3.80. The van der Waals surface area contributed by atoms with Gasteiger partial charge in [-0.15, -0.1) is 0 Å². The molecule has 22 heavy (non-hydrogen) atoms. The predicted molar refractivity (Wildman–Crippen MR) is 87.2 cm³/mol. The Balaban J connectivity index is 1.49. The summed E-state index contributed by atoms with van der Waals surface area (Å²) >= 11 is 5.80. The van der Waals surface area contributed by atoms with Crippen LogP contribution in [0.3, 0.4) is 0 Å². The molecular weight excluding hydrogens is 322 g/mol. The van der Waals surface area contributed by atoms with E-state index in [-0.39, 0.29) is 5.25 Å². The Morgan fingerprint density at radius 1 is 1.32 bits per heavy atom. The van der Waals surface area contributed by atoms with Crippen molar-refractivity contribution in [1.82, 2.24) is 14.6 Å². The Morgan fingerprint density at radius 3 is 2.82 bits per heavy atom. The van der Waals surface area contributed by atoms with Gasteiger partial charge in [0.1, 0.15) is 5.15 Å². The number of hydrogen-bond donors (Lipinski definition) is 1. The van der Waals surface area contributed by atoms with Crippen LogP contribution in [0.4, 0.5) is 0 Å². The highest BCUT2D eigenvalue weighted by Gasteiger charge is 2.35. The zero-order valence-electron chi connectivity index (χ0n) is 12.5. The number of aromatic nitrogens is 1. The van der Waals surface area contributed by atoms with Gasteiger partial charge in [0.2, 0.25) is 10.0 Å². The standard InChI is InChI=1S/C15H22ClN3O2S/c16-15-6-3-13(8-17-15)11-19-7-1-2-12(10-19)9-18-22(20,21)14-4-5-14/h3,6,8,12,14,18H,1-2,4-5,7,9-11H2/t12-/m1/s1. The molecule has 1 saturated heterocycles. The molecule has 1 aromatic rings. The minimum Gasteiger partial charge on any atom is -0.299 e. The quantitative estimate of drug-likeness (QED) is 0.803. The second kappa shape index (κ2) is 6.83. The largest absolute Gasteiger partial charge is 0.299 e. The van der Waals surface area contributed by atoms with Gasteiger partial charge in [-0.25, -0.2) is 18.1 Å². The first-order valence-electron chi connectivity index (χ1n) is 7.84. The first-order chi connectivity index (χ1) is 10.5. The molecular formula is C15H22ClN3O2S. The molecule has 0 spiro atoms. The van der Waals surface area contributed by atoms with Crippen LogP contribution in [0.25, 0.3) is 0 Å². The molecule has 0 bridgehead atoms. The Hall–Kier alpha value is -0.690. The number of sulfonamides is 1. The fourth-order valence-corrected chi connectivity index (χ4v) is 4.52. The van der Waals surface area contributed by atoms with Gasteiger partial charge in [0.05, 0.1) is 5.25 Å². The zero-order valence-corrected chi connectivity index (χ0v) is 14.1. The Bertz CT molecular complexity index is 602. The van der Waals surface area contributed by atoms with Crippen LogP contribution >= 0.6 is 11.6 Å². The van der Waals surface area contributed by atoms with E-state index in [1.54, 1.807) is 0 Å². The number of rotatable bonds is 6. The van der Waals surface area contributed by atoms with Gasteiger partial charge in [0.15, 0.2) is 0 Å². The van der Waals surface area contributed by atoms with Crippen molar-refractivity contribution in [2.45, 2.75) is 37.5 Å². The summed E-state index contributed by atoms with van der Waals surface area (Å²) in [6.45, 7) is 3.38. The molecule has 0 aromatic carbocycles. The minimum atomic E-state index is -3.06. The summed E-state index contributed by atoms with van der Waals surface area (Å²) < 4.78 is 26.6. The molecule has 2 heterocycles. The highest BCUT2D eigenvalue weighted by Crippen LogP contribution is 2.27. The van der Waals surface area contributed by atoms with Crippen LogP contribution in [0, 0.1) is 5.92 Å². The third-order valence-electron chi connectivity index (χ3n) is 4.33. The van der Waals surface area contributed by atoms with Gasteiger partial charge in [-0.3, -0.25) is 4.90 Å². The van der Waals surface area contributed by atoms with Crippen molar-refractivity contribution < 1.29 is 8.42 Å². The van der Waals surface area contributed by atoms with Gasteiger partial charge in [-0.1, -0.05) is 17.7 Å². The van der Waals surface area contributed by atoms with E-state index in [1.807, 2.05) is 18.3 Å². The average Bonchev–Trinajstić information content (AvgIpc) is 3.33. The fourth-order valence-electron chi connectivity index (χ4n) is 2.95. The molecule has 3 rings (SSSR count). The van der Waals surface area contributed by atoms with E-state index in [9.17, 15) is 8.42 Å². The van der Waals surface area contributed by atoms with Gasteiger partial charge in [-0.2, -0.15) is 0 Å². The lowest BCUT2D eigenvalue weighted by Crippen LogP contribution is -2.41. The molecule has 1 saturated carbocycles. The monoisotopic (exact) mass is 343 g/mol. The highest BCUT2D eigenvalue weighted by molar-refractivity contribution is 7.90. The summed E-state index contributed by atoms with van der Waals surface area (Å²) in [5, 5.41) is 0.377. The SMILES string of the molecule is O=S(=O)(NC[C@H]1CCCN(Cc2ccc(Cl)nc2)C1)C1CC1. The number of piperidine rings is 1. The van der Waals surface area contributed by atoms with Crippen molar-refractivity contribution in [3.63, 3.8) is 0 Å². The molecule has 1 aliphatic carbocycles. The van der Waals surface area contributed by atoms with Crippen LogP contribution in [0.5, 0.6) is 0 Å². The molecule has 1 aliphatic heterocycles. The average molecular weight is 344 g/mol. The summed E-state index contributed by atoms with van der Waals surface area (Å²) in [4.78, 5) is 6.47. The fraction of sp³-hybridized carbons (Fsp3) is 0.667. The summed E-state index contributed by atoms with van der Waals surface area (Å²) in [7, 11) is -3.06. The van der Waals surface area contributed by atoms with Crippen molar-refractivity contribution in [3.05, 3.63) is 29.0 Å². The lowest BCUT2D eigenvalue weighted by Gasteiger charge is -2.32. The lowest BCUT2D eigenvalue weighted by atomic mass is 9.98. The first-order valence-corrected chi connectivity index (χ1v) is 9.76. The Kier molecular flexibility index (Phi) is 5.02. The predicted octanol–water partition coefficient (Wildman–Crippen LogP) is 2.03. The topological polar surface area (TPSA) is 62.3 Å². The molecule has 2 aliphatic rings. The highest BCUT2D eigenvalue weighted by atomic mass is 35.5. The molecule has 7 heteroatoms. The van der Waals surface area contributed by atoms with E-state index >= 15 is 0 Å². The van der Waals surface area contributed by atoms with Crippen molar-refractivity contribution >= 4 is 21.6 Å². The molecule has 1 atom stereocenters. The number of likely N-dealkylation sites (tertiary alicyclic amines) is 1. The molecule has 0 radical (unpaired) electrons. The number of hydrogen-bond acceptors (Lipinski definition) is 4. The number of halogens is 1. The third kappa shape index (κ3) is 4.41. The second-order valence-corrected chi connectivity index (χ2v) is 8.76.